The van der Waals surface area contributed by atoms with Crippen LogP contribution in [0.3, 0.4) is 0 Å². The Hall–Kier alpha value is -1.48. The molecule has 0 radical (unpaired) electrons. The Bertz CT molecular complexity index is 476. The normalized spacial score (nSPS) is 10.9. The number of nitrogens with one attached hydrogen (secondary N) is 1. The lowest BCUT2D eigenvalue weighted by atomic mass is 10.1. The smallest absolute Gasteiger partial charge is 0.134 e. The average molecular weight is 233 g/mol. The Morgan fingerprint density at radius 3 is 2.94 bits per heavy atom. The topological polar surface area (TPSA) is 34.4 Å². The molecule has 0 aliphatic heterocycles. The highest BCUT2D eigenvalue weighted by atomic mass is 16.5. The van der Waals surface area contributed by atoms with E-state index in [1.54, 1.807) is 7.11 Å². The van der Waals surface area contributed by atoms with E-state index >= 15 is 0 Å². The predicted molar refractivity (Wildman–Crippen MR) is 69.6 cm³/mol. The van der Waals surface area contributed by atoms with Crippen molar-refractivity contribution < 1.29 is 9.15 Å². The van der Waals surface area contributed by atoms with Crippen LogP contribution < -0.4 is 10.1 Å². The van der Waals surface area contributed by atoms with Crippen molar-refractivity contribution in [3.63, 3.8) is 0 Å². The fraction of sp³-hybridized carbons (Fsp3) is 0.429. The highest BCUT2D eigenvalue weighted by molar-refractivity contribution is 5.82. The summed E-state index contributed by atoms with van der Waals surface area (Å²) >= 11 is 0. The van der Waals surface area contributed by atoms with Gasteiger partial charge in [0.05, 0.1) is 13.4 Å². The zero-order valence-electron chi connectivity index (χ0n) is 10.5. The van der Waals surface area contributed by atoms with Gasteiger partial charge in [0.15, 0.2) is 0 Å². The number of methoxy groups -OCH3 is 1. The first-order valence-corrected chi connectivity index (χ1v) is 6.10. The first-order valence-electron chi connectivity index (χ1n) is 6.10. The molecule has 0 aliphatic rings. The predicted octanol–water partition coefficient (Wildman–Crippen LogP) is 2.98. The summed E-state index contributed by atoms with van der Waals surface area (Å²) < 4.78 is 10.8. The van der Waals surface area contributed by atoms with Crippen LogP contribution >= 0.6 is 0 Å². The summed E-state index contributed by atoms with van der Waals surface area (Å²) in [6.45, 7) is 4.23. The lowest BCUT2D eigenvalue weighted by Crippen LogP contribution is -2.17. The summed E-state index contributed by atoms with van der Waals surface area (Å²) in [5, 5.41) is 4.55. The van der Waals surface area contributed by atoms with Crippen LogP contribution in [-0.2, 0) is 6.42 Å². The van der Waals surface area contributed by atoms with E-state index in [1.165, 1.54) is 12.0 Å². The van der Waals surface area contributed by atoms with E-state index in [1.807, 2.05) is 24.5 Å². The van der Waals surface area contributed by atoms with Crippen molar-refractivity contribution in [1.29, 1.82) is 0 Å². The Morgan fingerprint density at radius 1 is 1.29 bits per heavy atom. The summed E-state index contributed by atoms with van der Waals surface area (Å²) in [5.74, 6) is 0.877. The molecule has 3 nitrogen and oxygen atoms in total. The molecule has 92 valence electrons. The molecule has 1 N–H and O–H groups in total. The van der Waals surface area contributed by atoms with E-state index in [2.05, 4.69) is 12.2 Å². The van der Waals surface area contributed by atoms with E-state index in [0.717, 1.165) is 36.2 Å². The minimum absolute atomic E-state index is 0.877. The summed E-state index contributed by atoms with van der Waals surface area (Å²) in [6, 6.07) is 5.91. The Kier molecular flexibility index (Phi) is 4.04. The van der Waals surface area contributed by atoms with Gasteiger partial charge in [0, 0.05) is 5.39 Å². The number of rotatable bonds is 6. The second-order valence-corrected chi connectivity index (χ2v) is 4.12. The monoisotopic (exact) mass is 233 g/mol. The molecule has 2 aromatic rings. The van der Waals surface area contributed by atoms with Crippen LogP contribution in [0.5, 0.6) is 5.75 Å². The van der Waals surface area contributed by atoms with Crippen molar-refractivity contribution in [2.24, 2.45) is 0 Å². The quantitative estimate of drug-likeness (QED) is 0.779. The maximum atomic E-state index is 5.52. The first-order chi connectivity index (χ1) is 8.35. The third-order valence-electron chi connectivity index (χ3n) is 2.86. The van der Waals surface area contributed by atoms with Crippen molar-refractivity contribution in [2.45, 2.75) is 19.8 Å². The van der Waals surface area contributed by atoms with Crippen molar-refractivity contribution in [1.82, 2.24) is 5.32 Å². The Balaban J connectivity index is 2.11. The summed E-state index contributed by atoms with van der Waals surface area (Å²) in [6.07, 6.45) is 4.00. The van der Waals surface area contributed by atoms with Crippen LogP contribution in [0.25, 0.3) is 11.0 Å². The van der Waals surface area contributed by atoms with Crippen LogP contribution in [0, 0.1) is 0 Å². The zero-order chi connectivity index (χ0) is 12.1. The minimum Gasteiger partial charge on any atom is -0.497 e. The molecule has 0 aliphatic carbocycles. The number of furan rings is 1. The van der Waals surface area contributed by atoms with Crippen LogP contribution in [0.4, 0.5) is 0 Å². The van der Waals surface area contributed by atoms with Crippen molar-refractivity contribution in [2.75, 3.05) is 20.2 Å². The third kappa shape index (κ3) is 2.80. The molecule has 0 spiro atoms. The SMILES string of the molecule is CCCNCCc1coc2ccc(OC)cc12. The van der Waals surface area contributed by atoms with Crippen LogP contribution in [-0.4, -0.2) is 20.2 Å². The first kappa shape index (κ1) is 12.0. The lowest BCUT2D eigenvalue weighted by molar-refractivity contribution is 0.415. The number of hydrogen-bond donors (Lipinski definition) is 1. The maximum absolute atomic E-state index is 5.52. The minimum atomic E-state index is 0.877. The van der Waals surface area contributed by atoms with E-state index in [-0.39, 0.29) is 0 Å². The molecular weight excluding hydrogens is 214 g/mol. The van der Waals surface area contributed by atoms with Crippen LogP contribution in [0.1, 0.15) is 18.9 Å². The van der Waals surface area contributed by atoms with Gasteiger partial charge < -0.3 is 14.5 Å². The molecule has 3 heteroatoms. The molecule has 0 amide bonds. The number of benzene rings is 1. The highest BCUT2D eigenvalue weighted by Gasteiger charge is 2.06. The van der Waals surface area contributed by atoms with Gasteiger partial charge in [-0.15, -0.1) is 0 Å². The molecule has 0 bridgehead atoms. The van der Waals surface area contributed by atoms with Crippen LogP contribution in [0.15, 0.2) is 28.9 Å². The maximum Gasteiger partial charge on any atom is 0.134 e. The summed E-state index contributed by atoms with van der Waals surface area (Å²) in [4.78, 5) is 0. The Morgan fingerprint density at radius 2 is 2.18 bits per heavy atom. The van der Waals surface area contributed by atoms with Crippen LogP contribution in [0.2, 0.25) is 0 Å². The molecule has 0 saturated heterocycles. The zero-order valence-corrected chi connectivity index (χ0v) is 10.5. The fourth-order valence-electron chi connectivity index (χ4n) is 1.91. The summed E-state index contributed by atoms with van der Waals surface area (Å²) in [5.41, 5.74) is 2.17. The molecule has 1 heterocycles. The van der Waals surface area contributed by atoms with Gasteiger partial charge in [-0.2, -0.15) is 0 Å². The molecule has 17 heavy (non-hydrogen) atoms. The number of fused-ring (bicyclic) bond motifs is 1. The van der Waals surface area contributed by atoms with E-state index in [9.17, 15) is 0 Å². The standard InChI is InChI=1S/C14H19NO2/c1-3-7-15-8-6-11-10-17-14-5-4-12(16-2)9-13(11)14/h4-5,9-10,15H,3,6-8H2,1-2H3. The highest BCUT2D eigenvalue weighted by Crippen LogP contribution is 2.25. The number of hydrogen-bond acceptors (Lipinski definition) is 3. The molecular formula is C14H19NO2. The van der Waals surface area contributed by atoms with Gasteiger partial charge in [0.2, 0.25) is 0 Å². The number of ether oxygens (including phenoxy) is 1. The fourth-order valence-corrected chi connectivity index (χ4v) is 1.91. The molecule has 1 aromatic carbocycles. The van der Waals surface area contributed by atoms with E-state index in [4.69, 9.17) is 9.15 Å². The van der Waals surface area contributed by atoms with Crippen molar-refractivity contribution >= 4 is 11.0 Å². The third-order valence-corrected chi connectivity index (χ3v) is 2.86. The van der Waals surface area contributed by atoms with Gasteiger partial charge in [0.1, 0.15) is 11.3 Å². The van der Waals surface area contributed by atoms with E-state index in [0.29, 0.717) is 0 Å². The molecule has 2 rings (SSSR count). The van der Waals surface area contributed by atoms with Gasteiger partial charge in [-0.05, 0) is 49.7 Å². The van der Waals surface area contributed by atoms with Crippen molar-refractivity contribution in [3.05, 3.63) is 30.0 Å². The van der Waals surface area contributed by atoms with E-state index < -0.39 is 0 Å². The molecule has 0 atom stereocenters. The van der Waals surface area contributed by atoms with Gasteiger partial charge in [-0.25, -0.2) is 0 Å². The van der Waals surface area contributed by atoms with Gasteiger partial charge in [-0.3, -0.25) is 0 Å². The average Bonchev–Trinajstić information content (AvgIpc) is 2.77. The lowest BCUT2D eigenvalue weighted by Gasteiger charge is -2.02. The Labute approximate surface area is 102 Å². The molecule has 0 unspecified atom stereocenters. The van der Waals surface area contributed by atoms with Gasteiger partial charge in [0.25, 0.3) is 0 Å². The van der Waals surface area contributed by atoms with Crippen molar-refractivity contribution in [3.8, 4) is 5.75 Å². The second-order valence-electron chi connectivity index (χ2n) is 4.12. The van der Waals surface area contributed by atoms with Gasteiger partial charge >= 0.3 is 0 Å². The molecule has 0 fully saturated rings. The van der Waals surface area contributed by atoms with Gasteiger partial charge in [-0.1, -0.05) is 6.92 Å². The largest absolute Gasteiger partial charge is 0.497 e. The summed E-state index contributed by atoms with van der Waals surface area (Å²) in [7, 11) is 1.68. The second kappa shape index (κ2) is 5.73. The molecule has 0 saturated carbocycles. The molecule has 1 aromatic heterocycles.